The van der Waals surface area contributed by atoms with E-state index in [4.69, 9.17) is 41.4 Å². The van der Waals surface area contributed by atoms with Crippen LogP contribution in [0.2, 0.25) is 0 Å². The minimum atomic E-state index is -5.95. The van der Waals surface area contributed by atoms with E-state index in [0.717, 1.165) is 26.2 Å². The summed E-state index contributed by atoms with van der Waals surface area (Å²) in [4.78, 5) is 30.2. The van der Waals surface area contributed by atoms with Crippen molar-refractivity contribution in [3.63, 3.8) is 0 Å². The minimum absolute atomic E-state index is 0.00589. The summed E-state index contributed by atoms with van der Waals surface area (Å²) in [5.41, 5.74) is -17.0. The first-order valence-corrected chi connectivity index (χ1v) is 31.5. The largest absolute Gasteiger partial charge is 0.506 e. The van der Waals surface area contributed by atoms with Crippen LogP contribution in [-0.2, 0) is 103 Å². The average molecular weight is 1350 g/mol. The van der Waals surface area contributed by atoms with Gasteiger partial charge in [0.25, 0.3) is 0 Å². The Morgan fingerprint density at radius 1 is 0.516 bits per heavy atom. The molecule has 0 saturated carbocycles. The lowest BCUT2D eigenvalue weighted by Crippen LogP contribution is -2.68. The molecule has 0 aliphatic rings. The summed E-state index contributed by atoms with van der Waals surface area (Å²) in [5.74, 6) is -4.19. The summed E-state index contributed by atoms with van der Waals surface area (Å²) in [6, 6.07) is 34.6. The van der Waals surface area contributed by atoms with Crippen LogP contribution < -0.4 is 4.74 Å². The number of carbonyl (C=O) groups excluding carboxylic acids is 1. The normalized spacial score (nSPS) is 14.2. The number of hydrogen-bond acceptors (Lipinski definition) is 13. The number of methoxy groups -OCH3 is 1. The number of phosphoric ester groups is 2. The number of carbonyl (C=O) groups is 2. The van der Waals surface area contributed by atoms with Crippen molar-refractivity contribution in [2.24, 2.45) is 5.92 Å². The SMILES string of the molecule is COc1cc(F)c(C(C)C)cc1-c1ccc(C(F)(F)F)cc1CN(C(=O)OC(C)(C)C)[C@@](C)(OP(=O)(OCc1ccccc1)OCc1ccccc1)[C@](OC(=O)O)(c1cc(C(F)(F)F)cc(C(F)(F)F)c1)C(C)COP(=O)(OCc1ccccc1)OCc1ccccc1. The van der Waals surface area contributed by atoms with E-state index in [9.17, 15) is 9.90 Å². The monoisotopic (exact) mass is 1350 g/mol. The Morgan fingerprint density at radius 2 is 0.935 bits per heavy atom. The second-order valence-corrected chi connectivity index (χ2v) is 26.0. The summed E-state index contributed by atoms with van der Waals surface area (Å²) >= 11 is 0. The molecule has 0 saturated heterocycles. The van der Waals surface area contributed by atoms with Gasteiger partial charge in [-0.05, 0) is 109 Å². The third-order valence-corrected chi connectivity index (χ3v) is 17.3. The summed E-state index contributed by atoms with van der Waals surface area (Å²) in [7, 11) is -10.1. The van der Waals surface area contributed by atoms with Gasteiger partial charge in [0.1, 0.15) is 17.2 Å². The Bertz CT molecular complexity index is 3640. The molecule has 0 aliphatic heterocycles. The number of ether oxygens (including phenoxy) is 3. The number of rotatable bonds is 27. The van der Waals surface area contributed by atoms with Gasteiger partial charge in [0.2, 0.25) is 0 Å². The van der Waals surface area contributed by atoms with Crippen molar-refractivity contribution in [3.8, 4) is 16.9 Å². The van der Waals surface area contributed by atoms with Crippen molar-refractivity contribution in [3.05, 3.63) is 231 Å². The standard InChI is InChI=1S/C66H67F10NO14P2/c1-43(2)55-35-56(58(83-8)36-57(55)67)54-30-29-50(64(68,69)70)31-49(54)37-77(59(78)89-61(4,5)6)62(7,91-93(82,87-41-47-25-17-11-18-26-47)88-42-48-27-19-12-20-28-48)63(90-60(79)80,51-32-52(65(71,72)73)34-53(33-51)66(74,75)76)44(3)38-84-92(81,85-39-45-21-13-9-14-22-45)86-40-46-23-15-10-16-24-46/h9-36,43-44H,37-42H2,1-8H3,(H,79,80)/t44?,62-,63+/m0/s1. The Labute approximate surface area is 530 Å². The number of halogens is 10. The van der Waals surface area contributed by atoms with E-state index in [-0.39, 0.29) is 56.7 Å². The number of phosphoric acid groups is 2. The molecule has 7 aromatic rings. The maximum atomic E-state index is 16.4. The fraction of sp³-hybridized carbons (Fsp3) is 0.333. The molecule has 15 nitrogen and oxygen atoms in total. The molecule has 0 heterocycles. The Balaban J connectivity index is 1.66. The quantitative estimate of drug-likeness (QED) is 0.0223. The van der Waals surface area contributed by atoms with Crippen LogP contribution in [-0.4, -0.2) is 47.3 Å². The average Bonchev–Trinajstić information content (AvgIpc) is 0.709. The van der Waals surface area contributed by atoms with Gasteiger partial charge in [0, 0.05) is 23.1 Å². The van der Waals surface area contributed by atoms with Gasteiger partial charge in [-0.25, -0.2) is 23.1 Å². The molecule has 0 aliphatic carbocycles. The van der Waals surface area contributed by atoms with E-state index in [1.54, 1.807) is 86.6 Å². The van der Waals surface area contributed by atoms with Crippen LogP contribution in [0.25, 0.3) is 11.1 Å². The number of alkyl halides is 9. The van der Waals surface area contributed by atoms with Crippen molar-refractivity contribution in [1.82, 2.24) is 4.90 Å². The van der Waals surface area contributed by atoms with Crippen LogP contribution in [0.5, 0.6) is 5.75 Å². The van der Waals surface area contributed by atoms with Crippen molar-refractivity contribution in [2.45, 2.75) is 123 Å². The molecule has 7 aromatic carbocycles. The first kappa shape index (κ1) is 72.8. The zero-order valence-corrected chi connectivity index (χ0v) is 53.2. The fourth-order valence-electron chi connectivity index (χ4n) is 9.97. The van der Waals surface area contributed by atoms with Gasteiger partial charge < -0.3 is 19.3 Å². The third kappa shape index (κ3) is 18.8. The van der Waals surface area contributed by atoms with Crippen LogP contribution in [0.4, 0.5) is 53.5 Å². The second kappa shape index (κ2) is 29.8. The molecule has 3 atom stereocenters. The predicted octanol–water partition coefficient (Wildman–Crippen LogP) is 19.5. The van der Waals surface area contributed by atoms with Gasteiger partial charge in [-0.2, -0.15) is 39.5 Å². The Morgan fingerprint density at radius 3 is 1.32 bits per heavy atom. The van der Waals surface area contributed by atoms with Gasteiger partial charge in [-0.3, -0.25) is 32.0 Å². The van der Waals surface area contributed by atoms with E-state index in [0.29, 0.717) is 30.2 Å². The first-order chi connectivity index (χ1) is 43.5. The van der Waals surface area contributed by atoms with Gasteiger partial charge in [-0.15, -0.1) is 0 Å². The van der Waals surface area contributed by atoms with Gasteiger partial charge in [0.15, 0.2) is 11.3 Å². The lowest BCUT2D eigenvalue weighted by molar-refractivity contribution is -0.245. The fourth-order valence-corrected chi connectivity index (χ4v) is 12.7. The molecule has 0 bridgehead atoms. The highest BCUT2D eigenvalue weighted by molar-refractivity contribution is 7.48. The van der Waals surface area contributed by atoms with Crippen molar-refractivity contribution in [1.29, 1.82) is 0 Å². The number of nitrogens with zero attached hydrogens (tertiary/aromatic N) is 1. The van der Waals surface area contributed by atoms with E-state index in [1.165, 1.54) is 75.4 Å². The van der Waals surface area contributed by atoms with Crippen molar-refractivity contribution in [2.75, 3.05) is 13.7 Å². The number of benzene rings is 7. The number of amides is 1. The lowest BCUT2D eigenvalue weighted by atomic mass is 9.73. The molecule has 93 heavy (non-hydrogen) atoms. The highest BCUT2D eigenvalue weighted by Gasteiger charge is 2.66. The molecule has 0 aromatic heterocycles. The summed E-state index contributed by atoms with van der Waals surface area (Å²) in [6.45, 7) is 2.79. The van der Waals surface area contributed by atoms with E-state index in [2.05, 4.69) is 0 Å². The maximum absolute atomic E-state index is 16.4. The van der Waals surface area contributed by atoms with E-state index >= 15 is 57.8 Å². The molecule has 1 amide bonds. The molecule has 0 fully saturated rings. The van der Waals surface area contributed by atoms with Crippen molar-refractivity contribution < 1.29 is 109 Å². The van der Waals surface area contributed by atoms with E-state index in [1.807, 2.05) is 0 Å². The molecule has 7 rings (SSSR count). The van der Waals surface area contributed by atoms with Gasteiger partial charge in [0.05, 0.1) is 63.4 Å². The molecule has 0 spiro atoms. The smallest absolute Gasteiger partial charge is 0.496 e. The highest BCUT2D eigenvalue weighted by Crippen LogP contribution is 2.62. The minimum Gasteiger partial charge on any atom is -0.496 e. The zero-order chi connectivity index (χ0) is 68.4. The topological polar surface area (TPSA) is 175 Å². The first-order valence-electron chi connectivity index (χ1n) is 28.6. The molecular formula is C66H67F10NO14P2. The lowest BCUT2D eigenvalue weighted by Gasteiger charge is -2.54. The maximum Gasteiger partial charge on any atom is 0.506 e. The van der Waals surface area contributed by atoms with Gasteiger partial charge in [-0.1, -0.05) is 148 Å². The molecule has 500 valence electrons. The molecular weight excluding hydrogens is 1280 g/mol. The molecule has 1 unspecified atom stereocenters. The summed E-state index contributed by atoms with van der Waals surface area (Å²) in [6.07, 6.45) is -21.2. The van der Waals surface area contributed by atoms with Crippen LogP contribution in [0, 0.1) is 11.7 Å². The van der Waals surface area contributed by atoms with E-state index < -0.39 is 148 Å². The number of hydrogen-bond donors (Lipinski definition) is 1. The predicted molar refractivity (Wildman–Crippen MR) is 321 cm³/mol. The molecule has 0 radical (unpaired) electrons. The Kier molecular flexibility index (Phi) is 23.3. The van der Waals surface area contributed by atoms with Crippen LogP contribution in [0.1, 0.15) is 110 Å². The van der Waals surface area contributed by atoms with Crippen LogP contribution in [0.3, 0.4) is 0 Å². The number of carboxylic acid groups (broad SMARTS) is 1. The van der Waals surface area contributed by atoms with Crippen LogP contribution in [0.15, 0.2) is 170 Å². The van der Waals surface area contributed by atoms with Gasteiger partial charge >= 0.3 is 46.4 Å². The highest BCUT2D eigenvalue weighted by atomic mass is 31.2. The Hall–Kier alpha value is -7.60. The second-order valence-electron chi connectivity index (χ2n) is 22.8. The third-order valence-electron chi connectivity index (χ3n) is 14.5. The zero-order valence-electron chi connectivity index (χ0n) is 51.4. The van der Waals surface area contributed by atoms with Crippen molar-refractivity contribution >= 4 is 27.9 Å². The summed E-state index contributed by atoms with van der Waals surface area (Å²) < 4.78 is 240. The summed E-state index contributed by atoms with van der Waals surface area (Å²) in [5, 5.41) is 11.3. The van der Waals surface area contributed by atoms with Crippen LogP contribution >= 0.6 is 15.6 Å². The molecule has 1 N–H and O–H groups in total. The molecule has 27 heteroatoms.